The third-order valence-corrected chi connectivity index (χ3v) is 9.44. The molecule has 0 aliphatic carbocycles. The number of fused-ring (bicyclic) bond motifs is 6. The van der Waals surface area contributed by atoms with Crippen molar-refractivity contribution in [3.05, 3.63) is 175 Å². The summed E-state index contributed by atoms with van der Waals surface area (Å²) in [7, 11) is 0. The van der Waals surface area contributed by atoms with Crippen LogP contribution in [0.2, 0.25) is 0 Å². The molecule has 0 atom stereocenters. The van der Waals surface area contributed by atoms with Gasteiger partial charge in [0, 0.05) is 10.9 Å². The number of amidine groups is 2. The second kappa shape index (κ2) is 10.1. The Morgan fingerprint density at radius 1 is 0.447 bits per heavy atom. The molecule has 0 amide bonds. The molecule has 0 spiro atoms. The lowest BCUT2D eigenvalue weighted by Gasteiger charge is -2.21. The Bertz CT molecular complexity index is 2790. The van der Waals surface area contributed by atoms with Crippen molar-refractivity contribution in [1.29, 1.82) is 0 Å². The fourth-order valence-electron chi connectivity index (χ4n) is 7.11. The quantitative estimate of drug-likeness (QED) is 0.185. The van der Waals surface area contributed by atoms with Crippen molar-refractivity contribution in [2.45, 2.75) is 0 Å². The lowest BCUT2D eigenvalue weighted by Crippen LogP contribution is -2.34. The van der Waals surface area contributed by atoms with E-state index in [-0.39, 0.29) is 0 Å². The van der Waals surface area contributed by atoms with Crippen molar-refractivity contribution in [2.24, 2.45) is 4.99 Å². The normalized spacial score (nSPS) is 13.1. The van der Waals surface area contributed by atoms with E-state index in [1.807, 2.05) is 6.07 Å². The van der Waals surface area contributed by atoms with Crippen LogP contribution in [0, 0.1) is 0 Å². The molecule has 0 radical (unpaired) electrons. The minimum Gasteiger partial charge on any atom is -0.455 e. The number of rotatable bonds is 4. The largest absolute Gasteiger partial charge is 0.455 e. The van der Waals surface area contributed by atoms with Crippen molar-refractivity contribution in [2.75, 3.05) is 0 Å². The predicted molar refractivity (Wildman–Crippen MR) is 195 cm³/mol. The van der Waals surface area contributed by atoms with Crippen LogP contribution in [0.1, 0.15) is 11.1 Å². The third-order valence-electron chi connectivity index (χ3n) is 9.44. The van der Waals surface area contributed by atoms with Gasteiger partial charge in [-0.15, -0.1) is 0 Å². The van der Waals surface area contributed by atoms with Gasteiger partial charge in [0.2, 0.25) is 0 Å². The molecular formula is C44H27N2O+. The zero-order valence-corrected chi connectivity index (χ0v) is 25.4. The summed E-state index contributed by atoms with van der Waals surface area (Å²) >= 11 is 0. The van der Waals surface area contributed by atoms with Gasteiger partial charge in [-0.2, -0.15) is 4.58 Å². The molecule has 0 saturated heterocycles. The van der Waals surface area contributed by atoms with E-state index < -0.39 is 0 Å². The number of furan rings is 1. The maximum absolute atomic E-state index is 6.88. The lowest BCUT2D eigenvalue weighted by molar-refractivity contribution is -0.317. The van der Waals surface area contributed by atoms with E-state index in [9.17, 15) is 0 Å². The summed E-state index contributed by atoms with van der Waals surface area (Å²) in [6.07, 6.45) is 0. The first-order valence-electron chi connectivity index (χ1n) is 16.0. The lowest BCUT2D eigenvalue weighted by atomic mass is 9.97. The van der Waals surface area contributed by atoms with Gasteiger partial charge >= 0.3 is 0 Å². The van der Waals surface area contributed by atoms with Gasteiger partial charge in [0.25, 0.3) is 11.7 Å². The highest BCUT2D eigenvalue weighted by atomic mass is 16.3. The maximum Gasteiger partial charge on any atom is 0.279 e. The molecule has 3 heteroatoms. The second-order valence-electron chi connectivity index (χ2n) is 12.2. The summed E-state index contributed by atoms with van der Waals surface area (Å²) in [5.74, 6) is 1.84. The summed E-state index contributed by atoms with van der Waals surface area (Å²) < 4.78 is 9.20. The minimum atomic E-state index is 0.874. The molecule has 8 aromatic carbocycles. The van der Waals surface area contributed by atoms with Crippen LogP contribution in [-0.4, -0.2) is 16.2 Å². The summed E-state index contributed by atoms with van der Waals surface area (Å²) in [6, 6.07) is 58.1. The molecule has 0 fully saturated rings. The van der Waals surface area contributed by atoms with Crippen LogP contribution in [-0.2, 0) is 0 Å². The van der Waals surface area contributed by atoms with Crippen LogP contribution in [0.3, 0.4) is 0 Å². The molecule has 3 nitrogen and oxygen atoms in total. The zero-order chi connectivity index (χ0) is 30.9. The number of nitrogens with zero attached hydrogens (tertiary/aromatic N) is 2. The first-order chi connectivity index (χ1) is 23.3. The first-order valence-corrected chi connectivity index (χ1v) is 16.0. The fraction of sp³-hybridized carbons (Fsp3) is 0. The molecule has 0 unspecified atom stereocenters. The third kappa shape index (κ3) is 4.07. The predicted octanol–water partition coefficient (Wildman–Crippen LogP) is 11.3. The molecule has 0 bridgehead atoms. The Morgan fingerprint density at radius 2 is 1.02 bits per heavy atom. The number of hydrogen-bond acceptors (Lipinski definition) is 2. The van der Waals surface area contributed by atoms with E-state index in [0.29, 0.717) is 0 Å². The highest BCUT2D eigenvalue weighted by Crippen LogP contribution is 2.44. The number of aliphatic imine (C=N–C) groups is 1. The number of benzene rings is 8. The van der Waals surface area contributed by atoms with Crippen molar-refractivity contribution >= 4 is 71.6 Å². The van der Waals surface area contributed by atoms with Crippen molar-refractivity contribution < 1.29 is 8.99 Å². The van der Waals surface area contributed by atoms with Gasteiger partial charge in [0.15, 0.2) is 0 Å². The Hall–Kier alpha value is -6.32. The van der Waals surface area contributed by atoms with Gasteiger partial charge in [-0.25, -0.2) is 0 Å². The van der Waals surface area contributed by atoms with Gasteiger partial charge in [0.1, 0.15) is 16.9 Å². The van der Waals surface area contributed by atoms with Crippen LogP contribution in [0.25, 0.3) is 65.4 Å². The van der Waals surface area contributed by atoms with Crippen LogP contribution in [0.15, 0.2) is 173 Å². The van der Waals surface area contributed by atoms with E-state index in [1.54, 1.807) is 0 Å². The SMILES string of the molecule is c1ccc(C2=[N+](c3ccc(-c4ccc5ccccc5c4)c4oc5cc6ccccc6cc5c34)C(c3ccc4ccccc4c3)=N2)cc1. The average Bonchev–Trinajstić information content (AvgIpc) is 3.49. The Balaban J connectivity index is 1.27. The molecule has 9 aromatic rings. The van der Waals surface area contributed by atoms with E-state index >= 15 is 0 Å². The van der Waals surface area contributed by atoms with Gasteiger partial charge in [0.05, 0.1) is 16.5 Å². The van der Waals surface area contributed by atoms with Gasteiger partial charge < -0.3 is 4.42 Å². The molecular weight excluding hydrogens is 572 g/mol. The summed E-state index contributed by atoms with van der Waals surface area (Å²) in [5.41, 5.74) is 7.15. The van der Waals surface area contributed by atoms with Crippen LogP contribution in [0.5, 0.6) is 0 Å². The van der Waals surface area contributed by atoms with E-state index in [4.69, 9.17) is 9.41 Å². The van der Waals surface area contributed by atoms with Gasteiger partial charge in [-0.05, 0) is 92.5 Å². The van der Waals surface area contributed by atoms with Gasteiger partial charge in [-0.3, -0.25) is 0 Å². The zero-order valence-electron chi connectivity index (χ0n) is 25.4. The van der Waals surface area contributed by atoms with Crippen molar-refractivity contribution in [3.8, 4) is 11.1 Å². The Morgan fingerprint density at radius 3 is 1.72 bits per heavy atom. The van der Waals surface area contributed by atoms with Crippen molar-refractivity contribution in [3.63, 3.8) is 0 Å². The Labute approximate surface area is 271 Å². The van der Waals surface area contributed by atoms with E-state index in [0.717, 1.165) is 66.9 Å². The Kier molecular flexibility index (Phi) is 5.57. The fourth-order valence-corrected chi connectivity index (χ4v) is 7.11. The molecule has 1 aliphatic heterocycles. The molecule has 10 rings (SSSR count). The molecule has 47 heavy (non-hydrogen) atoms. The van der Waals surface area contributed by atoms with Crippen LogP contribution >= 0.6 is 0 Å². The topological polar surface area (TPSA) is 28.5 Å². The standard InChI is InChI=1S/C44H27N2O/c1-2-12-30(13-3-1)43-45-44(36-21-19-29-11-5-7-15-32(29)25-36)46(43)39-23-22-37(35-20-18-28-10-4-6-14-31(28)24-35)42-41(39)38-26-33-16-8-9-17-34(33)27-40(38)47-42/h1-27H/q+1. The van der Waals surface area contributed by atoms with E-state index in [1.165, 1.54) is 26.9 Å². The summed E-state index contributed by atoms with van der Waals surface area (Å²) in [5, 5.41) is 9.35. The molecule has 0 saturated carbocycles. The summed E-state index contributed by atoms with van der Waals surface area (Å²) in [6.45, 7) is 0. The van der Waals surface area contributed by atoms with Crippen LogP contribution in [0.4, 0.5) is 5.69 Å². The minimum absolute atomic E-state index is 0.874. The second-order valence-corrected chi connectivity index (χ2v) is 12.2. The smallest absolute Gasteiger partial charge is 0.279 e. The molecule has 2 heterocycles. The molecule has 0 N–H and O–H groups in total. The van der Waals surface area contributed by atoms with Crippen molar-refractivity contribution in [1.82, 2.24) is 0 Å². The average molecular weight is 600 g/mol. The van der Waals surface area contributed by atoms with Gasteiger partial charge in [-0.1, -0.05) is 114 Å². The van der Waals surface area contributed by atoms with E-state index in [2.05, 4.69) is 162 Å². The molecule has 1 aliphatic rings. The highest BCUT2D eigenvalue weighted by Gasteiger charge is 2.35. The highest BCUT2D eigenvalue weighted by molar-refractivity contribution is 6.21. The van der Waals surface area contributed by atoms with Crippen LogP contribution < -0.4 is 0 Å². The first kappa shape index (κ1) is 26.0. The summed E-state index contributed by atoms with van der Waals surface area (Å²) in [4.78, 5) is 5.19. The molecule has 218 valence electrons. The molecule has 1 aromatic heterocycles. The maximum atomic E-state index is 6.88. The monoisotopic (exact) mass is 599 g/mol. The number of hydrogen-bond donors (Lipinski definition) is 0.